The molecule has 4 rings (SSSR count). The van der Waals surface area contributed by atoms with Crippen molar-refractivity contribution in [3.05, 3.63) is 58.7 Å². The van der Waals surface area contributed by atoms with Gasteiger partial charge in [-0.05, 0) is 74.1 Å². The van der Waals surface area contributed by atoms with Gasteiger partial charge in [0, 0.05) is 29.7 Å². The number of benzene rings is 2. The monoisotopic (exact) mass is 428 g/mol. The van der Waals surface area contributed by atoms with E-state index in [0.717, 1.165) is 53.6 Å². The number of rotatable bonds is 3. The number of halogens is 1. The van der Waals surface area contributed by atoms with Gasteiger partial charge in [0.25, 0.3) is 0 Å². The Morgan fingerprint density at radius 2 is 1.69 bits per heavy atom. The molecule has 6 heteroatoms. The molecule has 0 saturated carbocycles. The predicted octanol–water partition coefficient (Wildman–Crippen LogP) is 5.57. The van der Waals surface area contributed by atoms with Crippen LogP contribution < -0.4 is 4.90 Å². The normalized spacial score (nSPS) is 15.8. The van der Waals surface area contributed by atoms with Crippen molar-refractivity contribution in [1.82, 2.24) is 4.98 Å². The van der Waals surface area contributed by atoms with Crippen LogP contribution in [0.1, 0.15) is 30.9 Å². The van der Waals surface area contributed by atoms with Gasteiger partial charge in [0.15, 0.2) is 0 Å². The first-order valence-corrected chi connectivity index (χ1v) is 11.8. The zero-order valence-corrected chi connectivity index (χ0v) is 18.5. The van der Waals surface area contributed by atoms with E-state index in [1.165, 1.54) is 6.20 Å². The molecule has 1 aliphatic rings. The predicted molar refractivity (Wildman–Crippen MR) is 119 cm³/mol. The summed E-state index contributed by atoms with van der Waals surface area (Å²) < 4.78 is 27.4. The van der Waals surface area contributed by atoms with E-state index in [1.807, 2.05) is 32.0 Å². The molecule has 0 unspecified atom stereocenters. The largest absolute Gasteiger partial charge is 0.370 e. The quantitative estimate of drug-likeness (QED) is 0.546. The number of hydrogen-bond acceptors (Lipinski definition) is 4. The summed E-state index contributed by atoms with van der Waals surface area (Å²) >= 11 is 6.28. The van der Waals surface area contributed by atoms with E-state index in [0.29, 0.717) is 15.8 Å². The smallest absolute Gasteiger partial charge is 0.210 e. The van der Waals surface area contributed by atoms with Gasteiger partial charge < -0.3 is 4.90 Å². The minimum atomic E-state index is -3.73. The molecule has 0 bridgehead atoms. The number of piperidine rings is 1. The zero-order valence-electron chi connectivity index (χ0n) is 16.9. The van der Waals surface area contributed by atoms with Crippen molar-refractivity contribution in [2.24, 2.45) is 5.92 Å². The van der Waals surface area contributed by atoms with Crippen LogP contribution in [0.25, 0.3) is 10.9 Å². The van der Waals surface area contributed by atoms with Gasteiger partial charge in [0.05, 0.1) is 16.1 Å². The zero-order chi connectivity index (χ0) is 20.8. The number of pyridine rings is 1. The molecular formula is C23H25ClN2O2S. The molecule has 0 N–H and O–H groups in total. The van der Waals surface area contributed by atoms with Crippen molar-refractivity contribution >= 4 is 38.0 Å². The van der Waals surface area contributed by atoms with Crippen LogP contribution in [-0.4, -0.2) is 26.5 Å². The SMILES string of the molecule is Cc1cc(C)cc(S(=O)(=O)c2cnc3ccc(Cl)cc3c2N2CCC(C)CC2)c1. The van der Waals surface area contributed by atoms with Crippen LogP contribution in [0.4, 0.5) is 5.69 Å². The van der Waals surface area contributed by atoms with Crippen molar-refractivity contribution in [1.29, 1.82) is 0 Å². The minimum Gasteiger partial charge on any atom is -0.370 e. The molecule has 152 valence electrons. The Morgan fingerprint density at radius 3 is 2.34 bits per heavy atom. The number of aryl methyl sites for hydroxylation is 2. The van der Waals surface area contributed by atoms with Gasteiger partial charge >= 0.3 is 0 Å². The lowest BCUT2D eigenvalue weighted by atomic mass is 9.98. The van der Waals surface area contributed by atoms with Crippen LogP contribution >= 0.6 is 11.6 Å². The van der Waals surface area contributed by atoms with E-state index in [9.17, 15) is 8.42 Å². The number of anilines is 1. The molecule has 1 saturated heterocycles. The second kappa shape index (κ2) is 7.62. The van der Waals surface area contributed by atoms with Gasteiger partial charge in [-0.1, -0.05) is 24.6 Å². The molecule has 0 radical (unpaired) electrons. The van der Waals surface area contributed by atoms with Crippen molar-refractivity contribution in [3.8, 4) is 0 Å². The van der Waals surface area contributed by atoms with Crippen molar-refractivity contribution in [2.45, 2.75) is 43.4 Å². The highest BCUT2D eigenvalue weighted by molar-refractivity contribution is 7.91. The summed E-state index contributed by atoms with van der Waals surface area (Å²) in [6.07, 6.45) is 3.58. The van der Waals surface area contributed by atoms with E-state index in [4.69, 9.17) is 11.6 Å². The van der Waals surface area contributed by atoms with Crippen LogP contribution in [0.5, 0.6) is 0 Å². The molecule has 1 fully saturated rings. The van der Waals surface area contributed by atoms with Gasteiger partial charge in [-0.3, -0.25) is 4.98 Å². The lowest BCUT2D eigenvalue weighted by Crippen LogP contribution is -2.34. The molecule has 3 aromatic rings. The summed E-state index contributed by atoms with van der Waals surface area (Å²) in [6.45, 7) is 7.71. The molecule has 2 heterocycles. The summed E-state index contributed by atoms with van der Waals surface area (Å²) in [5.74, 6) is 0.641. The maximum atomic E-state index is 13.7. The van der Waals surface area contributed by atoms with Crippen LogP contribution in [0.2, 0.25) is 5.02 Å². The van der Waals surface area contributed by atoms with Crippen molar-refractivity contribution in [2.75, 3.05) is 18.0 Å². The second-order valence-corrected chi connectivity index (χ2v) is 10.5. The highest BCUT2D eigenvalue weighted by Gasteiger charge is 2.29. The van der Waals surface area contributed by atoms with Crippen LogP contribution in [0.15, 0.2) is 52.4 Å². The fraction of sp³-hybridized carbons (Fsp3) is 0.348. The minimum absolute atomic E-state index is 0.256. The Balaban J connectivity index is 1.97. The average molecular weight is 429 g/mol. The van der Waals surface area contributed by atoms with Gasteiger partial charge in [-0.25, -0.2) is 8.42 Å². The Labute approximate surface area is 177 Å². The third-order valence-corrected chi connectivity index (χ3v) is 7.63. The molecule has 0 spiro atoms. The summed E-state index contributed by atoms with van der Waals surface area (Å²) in [5, 5.41) is 1.37. The first kappa shape index (κ1) is 20.2. The Kier molecular flexibility index (Phi) is 5.30. The summed E-state index contributed by atoms with van der Waals surface area (Å²) in [7, 11) is -3.73. The number of fused-ring (bicyclic) bond motifs is 1. The fourth-order valence-electron chi connectivity index (χ4n) is 4.10. The van der Waals surface area contributed by atoms with E-state index in [1.54, 1.807) is 18.2 Å². The Bertz CT molecular complexity index is 1160. The number of aromatic nitrogens is 1. The maximum absolute atomic E-state index is 13.7. The fourth-order valence-corrected chi connectivity index (χ4v) is 5.90. The van der Waals surface area contributed by atoms with E-state index in [2.05, 4.69) is 16.8 Å². The van der Waals surface area contributed by atoms with Gasteiger partial charge in [-0.2, -0.15) is 0 Å². The highest BCUT2D eigenvalue weighted by Crippen LogP contribution is 2.38. The topological polar surface area (TPSA) is 50.3 Å². The summed E-state index contributed by atoms with van der Waals surface area (Å²) in [5.41, 5.74) is 3.33. The number of hydrogen-bond donors (Lipinski definition) is 0. The van der Waals surface area contributed by atoms with E-state index >= 15 is 0 Å². The number of nitrogens with zero attached hydrogens (tertiary/aromatic N) is 2. The molecule has 0 amide bonds. The molecule has 2 aromatic carbocycles. The van der Waals surface area contributed by atoms with Gasteiger partial charge in [0.1, 0.15) is 4.90 Å². The molecule has 0 atom stereocenters. The van der Waals surface area contributed by atoms with Crippen molar-refractivity contribution in [3.63, 3.8) is 0 Å². The van der Waals surface area contributed by atoms with E-state index < -0.39 is 9.84 Å². The van der Waals surface area contributed by atoms with Crippen LogP contribution in [-0.2, 0) is 9.84 Å². The molecule has 0 aliphatic carbocycles. The van der Waals surface area contributed by atoms with E-state index in [-0.39, 0.29) is 4.90 Å². The lowest BCUT2D eigenvalue weighted by Gasteiger charge is -2.34. The molecule has 1 aliphatic heterocycles. The molecule has 29 heavy (non-hydrogen) atoms. The summed E-state index contributed by atoms with van der Waals surface area (Å²) in [4.78, 5) is 7.22. The van der Waals surface area contributed by atoms with Crippen LogP contribution in [0.3, 0.4) is 0 Å². The summed E-state index contributed by atoms with van der Waals surface area (Å²) in [6, 6.07) is 10.9. The molecule has 4 nitrogen and oxygen atoms in total. The Hall–Kier alpha value is -2.11. The second-order valence-electron chi connectivity index (χ2n) is 8.13. The lowest BCUT2D eigenvalue weighted by molar-refractivity contribution is 0.437. The number of sulfone groups is 1. The van der Waals surface area contributed by atoms with Gasteiger partial charge in [-0.15, -0.1) is 0 Å². The molecule has 1 aromatic heterocycles. The molecular weight excluding hydrogens is 404 g/mol. The van der Waals surface area contributed by atoms with Crippen LogP contribution in [0, 0.1) is 19.8 Å². The average Bonchev–Trinajstić information content (AvgIpc) is 2.67. The van der Waals surface area contributed by atoms with Crippen molar-refractivity contribution < 1.29 is 8.42 Å². The Morgan fingerprint density at radius 1 is 1.03 bits per heavy atom. The highest BCUT2D eigenvalue weighted by atomic mass is 35.5. The third-order valence-electron chi connectivity index (χ3n) is 5.66. The standard InChI is InChI=1S/C23H25ClN2O2S/c1-15-6-8-26(9-7-15)23-20-13-18(24)4-5-21(20)25-14-22(23)29(27,28)19-11-16(2)10-17(3)12-19/h4-5,10-15H,6-9H2,1-3H3. The first-order chi connectivity index (χ1) is 13.8. The first-order valence-electron chi connectivity index (χ1n) is 9.92. The van der Waals surface area contributed by atoms with Gasteiger partial charge in [0.2, 0.25) is 9.84 Å². The maximum Gasteiger partial charge on any atom is 0.210 e. The third kappa shape index (κ3) is 3.86.